The zero-order valence-corrected chi connectivity index (χ0v) is 12.1. The highest BCUT2D eigenvalue weighted by Gasteiger charge is 2.09. The quantitative estimate of drug-likeness (QED) is 0.670. The van der Waals surface area contributed by atoms with Gasteiger partial charge in [-0.15, -0.1) is 11.8 Å². The van der Waals surface area contributed by atoms with E-state index in [2.05, 4.69) is 5.32 Å². The Morgan fingerprint density at radius 2 is 2.00 bits per heavy atom. The standard InChI is InChI=1S/C15H14F2N2OS/c1-9-2-5-14(12(18)6-9)21-8-15(20)19-13-4-3-10(16)7-11(13)17/h2-7H,8,18H2,1H3,(H,19,20). The number of nitrogen functional groups attached to an aromatic ring is 1. The maximum absolute atomic E-state index is 13.4. The fourth-order valence-electron chi connectivity index (χ4n) is 1.72. The first-order valence-corrected chi connectivity index (χ1v) is 7.18. The van der Waals surface area contributed by atoms with Gasteiger partial charge in [0.25, 0.3) is 0 Å². The molecule has 0 heterocycles. The summed E-state index contributed by atoms with van der Waals surface area (Å²) in [7, 11) is 0. The number of nitrogens with one attached hydrogen (secondary N) is 1. The topological polar surface area (TPSA) is 55.1 Å². The molecular weight excluding hydrogens is 294 g/mol. The van der Waals surface area contributed by atoms with Crippen molar-refractivity contribution in [2.24, 2.45) is 0 Å². The molecule has 0 atom stereocenters. The van der Waals surface area contributed by atoms with Crippen LogP contribution in [0.2, 0.25) is 0 Å². The van der Waals surface area contributed by atoms with Gasteiger partial charge in [0.15, 0.2) is 0 Å². The Morgan fingerprint density at radius 3 is 2.67 bits per heavy atom. The number of carbonyl (C=O) groups is 1. The molecule has 2 aromatic rings. The van der Waals surface area contributed by atoms with E-state index in [4.69, 9.17) is 5.73 Å². The molecule has 110 valence electrons. The second-order valence-electron chi connectivity index (χ2n) is 4.50. The smallest absolute Gasteiger partial charge is 0.234 e. The average Bonchev–Trinajstić information content (AvgIpc) is 2.41. The number of hydrogen-bond acceptors (Lipinski definition) is 3. The largest absolute Gasteiger partial charge is 0.398 e. The molecule has 3 nitrogen and oxygen atoms in total. The zero-order valence-electron chi connectivity index (χ0n) is 11.3. The van der Waals surface area contributed by atoms with Crippen molar-refractivity contribution in [1.82, 2.24) is 0 Å². The molecule has 0 aromatic heterocycles. The molecular formula is C15H14F2N2OS. The van der Waals surface area contributed by atoms with Gasteiger partial charge in [-0.1, -0.05) is 6.07 Å². The van der Waals surface area contributed by atoms with Gasteiger partial charge in [-0.3, -0.25) is 4.79 Å². The summed E-state index contributed by atoms with van der Waals surface area (Å²) in [6, 6.07) is 8.55. The highest BCUT2D eigenvalue weighted by molar-refractivity contribution is 8.00. The van der Waals surface area contributed by atoms with Gasteiger partial charge in [0.2, 0.25) is 5.91 Å². The van der Waals surface area contributed by atoms with Gasteiger partial charge in [-0.25, -0.2) is 8.78 Å². The fraction of sp³-hybridized carbons (Fsp3) is 0.133. The van der Waals surface area contributed by atoms with Crippen LogP contribution in [0.15, 0.2) is 41.3 Å². The van der Waals surface area contributed by atoms with Crippen LogP contribution in [0.5, 0.6) is 0 Å². The van der Waals surface area contributed by atoms with Crippen molar-refractivity contribution in [2.75, 3.05) is 16.8 Å². The Hall–Kier alpha value is -2.08. The van der Waals surface area contributed by atoms with Gasteiger partial charge in [-0.2, -0.15) is 0 Å². The monoisotopic (exact) mass is 308 g/mol. The Bertz CT molecular complexity index is 677. The number of benzene rings is 2. The number of thioether (sulfide) groups is 1. The lowest BCUT2D eigenvalue weighted by molar-refractivity contribution is -0.113. The number of anilines is 2. The SMILES string of the molecule is Cc1ccc(SCC(=O)Nc2ccc(F)cc2F)c(N)c1. The predicted octanol–water partition coefficient (Wildman–Crippen LogP) is 3.59. The molecule has 0 radical (unpaired) electrons. The Morgan fingerprint density at radius 1 is 1.24 bits per heavy atom. The van der Waals surface area contributed by atoms with Gasteiger partial charge in [0.1, 0.15) is 11.6 Å². The molecule has 0 aliphatic heterocycles. The highest BCUT2D eigenvalue weighted by Crippen LogP contribution is 2.26. The van der Waals surface area contributed by atoms with Gasteiger partial charge in [0, 0.05) is 16.6 Å². The number of amides is 1. The Labute approximate surface area is 125 Å². The van der Waals surface area contributed by atoms with E-state index in [1.165, 1.54) is 17.8 Å². The van der Waals surface area contributed by atoms with E-state index >= 15 is 0 Å². The highest BCUT2D eigenvalue weighted by atomic mass is 32.2. The third kappa shape index (κ3) is 4.19. The van der Waals surface area contributed by atoms with Crippen LogP contribution in [0, 0.1) is 18.6 Å². The van der Waals surface area contributed by atoms with E-state index in [9.17, 15) is 13.6 Å². The van der Waals surface area contributed by atoms with E-state index < -0.39 is 11.6 Å². The van der Waals surface area contributed by atoms with E-state index in [0.717, 1.165) is 22.6 Å². The van der Waals surface area contributed by atoms with Crippen LogP contribution in [0.4, 0.5) is 20.2 Å². The molecule has 0 aliphatic rings. The minimum Gasteiger partial charge on any atom is -0.398 e. The molecule has 6 heteroatoms. The van der Waals surface area contributed by atoms with Gasteiger partial charge in [-0.05, 0) is 36.8 Å². The third-order valence-corrected chi connectivity index (χ3v) is 3.82. The van der Waals surface area contributed by atoms with Crippen LogP contribution in [0.25, 0.3) is 0 Å². The molecule has 2 aromatic carbocycles. The van der Waals surface area contributed by atoms with Crippen LogP contribution in [-0.2, 0) is 4.79 Å². The number of halogens is 2. The fourth-order valence-corrected chi connectivity index (χ4v) is 2.47. The maximum atomic E-state index is 13.4. The van der Waals surface area contributed by atoms with Crippen molar-refractivity contribution in [1.29, 1.82) is 0 Å². The average molecular weight is 308 g/mol. The maximum Gasteiger partial charge on any atom is 0.234 e. The first-order chi connectivity index (χ1) is 9.95. The summed E-state index contributed by atoms with van der Waals surface area (Å²) in [5, 5.41) is 2.40. The molecule has 21 heavy (non-hydrogen) atoms. The molecule has 0 unspecified atom stereocenters. The van der Waals surface area contributed by atoms with E-state index in [-0.39, 0.29) is 17.3 Å². The van der Waals surface area contributed by atoms with Crippen LogP contribution < -0.4 is 11.1 Å². The molecule has 0 bridgehead atoms. The third-order valence-electron chi connectivity index (χ3n) is 2.73. The summed E-state index contributed by atoms with van der Waals surface area (Å²) in [5.74, 6) is -1.79. The lowest BCUT2D eigenvalue weighted by Gasteiger charge is -2.08. The molecule has 0 fully saturated rings. The number of rotatable bonds is 4. The van der Waals surface area contributed by atoms with Gasteiger partial charge in [0.05, 0.1) is 11.4 Å². The molecule has 0 spiro atoms. The minimum atomic E-state index is -0.803. The Balaban J connectivity index is 1.96. The van der Waals surface area contributed by atoms with Crippen LogP contribution in [0.3, 0.4) is 0 Å². The van der Waals surface area contributed by atoms with Crippen molar-refractivity contribution >= 4 is 29.0 Å². The summed E-state index contributed by atoms with van der Waals surface area (Å²) < 4.78 is 26.2. The molecule has 3 N–H and O–H groups in total. The molecule has 0 saturated heterocycles. The van der Waals surface area contributed by atoms with Crippen molar-refractivity contribution in [3.05, 3.63) is 53.6 Å². The summed E-state index contributed by atoms with van der Waals surface area (Å²) >= 11 is 1.26. The van der Waals surface area contributed by atoms with Crippen LogP contribution in [-0.4, -0.2) is 11.7 Å². The van der Waals surface area contributed by atoms with E-state index in [1.807, 2.05) is 25.1 Å². The number of nitrogens with two attached hydrogens (primary N) is 1. The Kier molecular flexibility index (Phi) is 4.80. The van der Waals surface area contributed by atoms with Crippen molar-refractivity contribution in [3.63, 3.8) is 0 Å². The van der Waals surface area contributed by atoms with Crippen LogP contribution in [0.1, 0.15) is 5.56 Å². The van der Waals surface area contributed by atoms with Crippen molar-refractivity contribution < 1.29 is 13.6 Å². The first-order valence-electron chi connectivity index (χ1n) is 6.19. The number of carbonyl (C=O) groups excluding carboxylic acids is 1. The van der Waals surface area contributed by atoms with Gasteiger partial charge >= 0.3 is 0 Å². The predicted molar refractivity (Wildman–Crippen MR) is 81.3 cm³/mol. The second-order valence-corrected chi connectivity index (χ2v) is 5.52. The summed E-state index contributed by atoms with van der Waals surface area (Å²) in [4.78, 5) is 12.6. The molecule has 0 saturated carbocycles. The number of hydrogen-bond donors (Lipinski definition) is 2. The second kappa shape index (κ2) is 6.58. The number of aryl methyl sites for hydroxylation is 1. The molecule has 2 rings (SSSR count). The van der Waals surface area contributed by atoms with E-state index in [0.29, 0.717) is 5.69 Å². The summed E-state index contributed by atoms with van der Waals surface area (Å²) in [6.45, 7) is 1.93. The zero-order chi connectivity index (χ0) is 15.4. The summed E-state index contributed by atoms with van der Waals surface area (Å²) in [6.07, 6.45) is 0. The normalized spacial score (nSPS) is 10.4. The van der Waals surface area contributed by atoms with Crippen LogP contribution >= 0.6 is 11.8 Å². The summed E-state index contributed by atoms with van der Waals surface area (Å²) in [5.41, 5.74) is 7.44. The van der Waals surface area contributed by atoms with E-state index in [1.54, 1.807) is 0 Å². The minimum absolute atomic E-state index is 0.0427. The first kappa shape index (κ1) is 15.3. The van der Waals surface area contributed by atoms with Crippen molar-refractivity contribution in [2.45, 2.75) is 11.8 Å². The molecule has 1 amide bonds. The van der Waals surface area contributed by atoms with Gasteiger partial charge < -0.3 is 11.1 Å². The molecule has 0 aliphatic carbocycles. The lowest BCUT2D eigenvalue weighted by atomic mass is 10.2. The van der Waals surface area contributed by atoms with Crippen molar-refractivity contribution in [3.8, 4) is 0 Å². The lowest BCUT2D eigenvalue weighted by Crippen LogP contribution is -2.15.